The highest BCUT2D eigenvalue weighted by Gasteiger charge is 2.42. The van der Waals surface area contributed by atoms with E-state index in [2.05, 4.69) is 10.4 Å². The number of hydrogen-bond donors (Lipinski definition) is 2. The van der Waals surface area contributed by atoms with Gasteiger partial charge < -0.3 is 10.4 Å². The Bertz CT molecular complexity index is 683. The minimum absolute atomic E-state index is 0.128. The first-order chi connectivity index (χ1) is 10.5. The van der Waals surface area contributed by atoms with E-state index in [9.17, 15) is 14.3 Å². The van der Waals surface area contributed by atoms with Gasteiger partial charge in [0, 0.05) is 18.0 Å². The predicted molar refractivity (Wildman–Crippen MR) is 79.2 cm³/mol. The molecular weight excluding hydrogens is 285 g/mol. The smallest absolute Gasteiger partial charge is 0.251 e. The number of carbonyl (C=O) groups excluding carboxylic acids is 1. The molecule has 0 radical (unpaired) electrons. The van der Waals surface area contributed by atoms with Crippen molar-refractivity contribution in [3.05, 3.63) is 48.0 Å². The lowest BCUT2D eigenvalue weighted by molar-refractivity contribution is 0.0824. The highest BCUT2D eigenvalue weighted by atomic mass is 19.1. The number of nitrogens with zero attached hydrogens (tertiary/aromatic N) is 2. The summed E-state index contributed by atoms with van der Waals surface area (Å²) in [7, 11) is 0. The monoisotopic (exact) mass is 303 g/mol. The molecule has 1 aliphatic rings. The van der Waals surface area contributed by atoms with Crippen molar-refractivity contribution < 1.29 is 14.3 Å². The molecule has 1 saturated carbocycles. The van der Waals surface area contributed by atoms with Gasteiger partial charge in [-0.3, -0.25) is 4.79 Å². The summed E-state index contributed by atoms with van der Waals surface area (Å²) in [5.74, 6) is -0.613. The number of carbonyl (C=O) groups is 1. The standard InChI is InChI=1S/C16H18FN3O2/c1-16(10-21,12-4-5-12)19-15(22)11-3-6-14(13(17)9-11)20-8-2-7-18-20/h2-3,6-9,12,21H,4-5,10H2,1H3,(H,19,22). The van der Waals surface area contributed by atoms with Gasteiger partial charge in [0.1, 0.15) is 11.5 Å². The van der Waals surface area contributed by atoms with Gasteiger partial charge >= 0.3 is 0 Å². The summed E-state index contributed by atoms with van der Waals surface area (Å²) in [5, 5.41) is 16.3. The first-order valence-corrected chi connectivity index (χ1v) is 7.26. The average molecular weight is 303 g/mol. The third kappa shape index (κ3) is 2.74. The van der Waals surface area contributed by atoms with E-state index in [1.54, 1.807) is 24.5 Å². The molecule has 3 rings (SSSR count). The van der Waals surface area contributed by atoms with Crippen LogP contribution < -0.4 is 5.32 Å². The number of nitrogens with one attached hydrogen (secondary N) is 1. The quantitative estimate of drug-likeness (QED) is 0.886. The normalized spacial score (nSPS) is 17.0. The molecule has 1 aromatic carbocycles. The number of aliphatic hydroxyl groups excluding tert-OH is 1. The molecule has 0 saturated heterocycles. The summed E-state index contributed by atoms with van der Waals surface area (Å²) >= 11 is 0. The molecule has 22 heavy (non-hydrogen) atoms. The lowest BCUT2D eigenvalue weighted by Crippen LogP contribution is -2.50. The van der Waals surface area contributed by atoms with Gasteiger partial charge in [-0.15, -0.1) is 0 Å². The largest absolute Gasteiger partial charge is 0.394 e. The number of aliphatic hydroxyl groups is 1. The van der Waals surface area contributed by atoms with Crippen molar-refractivity contribution in [1.29, 1.82) is 0 Å². The van der Waals surface area contributed by atoms with Gasteiger partial charge in [0.05, 0.1) is 12.1 Å². The number of amides is 1. The fourth-order valence-corrected chi connectivity index (χ4v) is 2.57. The van der Waals surface area contributed by atoms with Crippen LogP contribution >= 0.6 is 0 Å². The van der Waals surface area contributed by atoms with Crippen molar-refractivity contribution in [2.75, 3.05) is 6.61 Å². The number of aromatic nitrogens is 2. The lowest BCUT2D eigenvalue weighted by Gasteiger charge is -2.28. The van der Waals surface area contributed by atoms with Crippen molar-refractivity contribution in [2.45, 2.75) is 25.3 Å². The fourth-order valence-electron chi connectivity index (χ4n) is 2.57. The Hall–Kier alpha value is -2.21. The lowest BCUT2D eigenvalue weighted by atomic mass is 9.96. The molecule has 2 N–H and O–H groups in total. The second kappa shape index (κ2) is 5.53. The summed E-state index contributed by atoms with van der Waals surface area (Å²) in [4.78, 5) is 12.3. The maximum atomic E-state index is 14.2. The van der Waals surface area contributed by atoms with Gasteiger partial charge in [0.25, 0.3) is 5.91 Å². The fraction of sp³-hybridized carbons (Fsp3) is 0.375. The summed E-state index contributed by atoms with van der Waals surface area (Å²) < 4.78 is 15.6. The topological polar surface area (TPSA) is 67.2 Å². The van der Waals surface area contributed by atoms with E-state index < -0.39 is 11.4 Å². The molecule has 1 fully saturated rings. The third-order valence-corrected chi connectivity index (χ3v) is 4.17. The van der Waals surface area contributed by atoms with Crippen molar-refractivity contribution in [3.63, 3.8) is 0 Å². The van der Waals surface area contributed by atoms with E-state index in [0.717, 1.165) is 12.8 Å². The Kier molecular flexibility index (Phi) is 3.70. The predicted octanol–water partition coefficient (Wildman–Crippen LogP) is 1.90. The molecule has 0 bridgehead atoms. The van der Waals surface area contributed by atoms with Crippen LogP contribution in [-0.4, -0.2) is 32.9 Å². The molecule has 1 atom stereocenters. The Morgan fingerprint density at radius 3 is 2.86 bits per heavy atom. The first-order valence-electron chi connectivity index (χ1n) is 7.26. The molecule has 1 unspecified atom stereocenters. The van der Waals surface area contributed by atoms with Crippen molar-refractivity contribution in [1.82, 2.24) is 15.1 Å². The zero-order valence-corrected chi connectivity index (χ0v) is 12.3. The summed E-state index contributed by atoms with van der Waals surface area (Å²) in [6.07, 6.45) is 5.17. The molecule has 1 amide bonds. The SMILES string of the molecule is CC(CO)(NC(=O)c1ccc(-n2cccn2)c(F)c1)C1CC1. The van der Waals surface area contributed by atoms with Gasteiger partial charge in [-0.1, -0.05) is 0 Å². The Morgan fingerprint density at radius 2 is 2.32 bits per heavy atom. The van der Waals surface area contributed by atoms with E-state index >= 15 is 0 Å². The van der Waals surface area contributed by atoms with Crippen LogP contribution in [0.5, 0.6) is 0 Å². The summed E-state index contributed by atoms with van der Waals surface area (Å²) in [5.41, 5.74) is -0.129. The van der Waals surface area contributed by atoms with Crippen molar-refractivity contribution >= 4 is 5.91 Å². The molecule has 5 nitrogen and oxygen atoms in total. The molecule has 0 aliphatic heterocycles. The number of hydrogen-bond acceptors (Lipinski definition) is 3. The highest BCUT2D eigenvalue weighted by Crippen LogP contribution is 2.39. The maximum Gasteiger partial charge on any atom is 0.251 e. The van der Waals surface area contributed by atoms with E-state index in [-0.39, 0.29) is 29.7 Å². The van der Waals surface area contributed by atoms with Gasteiger partial charge in [-0.2, -0.15) is 5.10 Å². The van der Waals surface area contributed by atoms with Crippen LogP contribution in [0.1, 0.15) is 30.1 Å². The second-order valence-electron chi connectivity index (χ2n) is 5.92. The first kappa shape index (κ1) is 14.7. The van der Waals surface area contributed by atoms with Gasteiger partial charge in [-0.05, 0) is 49.9 Å². The Morgan fingerprint density at radius 1 is 1.55 bits per heavy atom. The van der Waals surface area contributed by atoms with Gasteiger partial charge in [0.15, 0.2) is 0 Å². The zero-order valence-electron chi connectivity index (χ0n) is 12.3. The van der Waals surface area contributed by atoms with E-state index in [4.69, 9.17) is 0 Å². The molecule has 116 valence electrons. The highest BCUT2D eigenvalue weighted by molar-refractivity contribution is 5.95. The van der Waals surface area contributed by atoms with E-state index in [1.165, 1.54) is 16.8 Å². The van der Waals surface area contributed by atoms with E-state index in [0.29, 0.717) is 0 Å². The Balaban J connectivity index is 1.80. The zero-order chi connectivity index (χ0) is 15.7. The average Bonchev–Trinajstić information content (AvgIpc) is 3.24. The van der Waals surface area contributed by atoms with Gasteiger partial charge in [0.2, 0.25) is 0 Å². The maximum absolute atomic E-state index is 14.2. The number of rotatable bonds is 5. The van der Waals surface area contributed by atoms with Crippen molar-refractivity contribution in [2.24, 2.45) is 5.92 Å². The molecule has 2 aromatic rings. The molecule has 1 aromatic heterocycles. The Labute approximate surface area is 127 Å². The van der Waals surface area contributed by atoms with Crippen LogP contribution in [0.4, 0.5) is 4.39 Å². The van der Waals surface area contributed by atoms with Crippen LogP contribution in [0.25, 0.3) is 5.69 Å². The summed E-state index contributed by atoms with van der Waals surface area (Å²) in [6.45, 7) is 1.69. The second-order valence-corrected chi connectivity index (χ2v) is 5.92. The molecule has 0 spiro atoms. The van der Waals surface area contributed by atoms with Crippen LogP contribution in [-0.2, 0) is 0 Å². The molecule has 1 heterocycles. The van der Waals surface area contributed by atoms with Gasteiger partial charge in [-0.25, -0.2) is 9.07 Å². The third-order valence-electron chi connectivity index (χ3n) is 4.17. The minimum Gasteiger partial charge on any atom is -0.394 e. The van der Waals surface area contributed by atoms with Crippen LogP contribution in [0.2, 0.25) is 0 Å². The number of halogens is 1. The van der Waals surface area contributed by atoms with Crippen LogP contribution in [0.3, 0.4) is 0 Å². The molecule has 1 aliphatic carbocycles. The minimum atomic E-state index is -0.645. The van der Waals surface area contributed by atoms with Crippen LogP contribution in [0.15, 0.2) is 36.7 Å². The molecule has 6 heteroatoms. The molecular formula is C16H18FN3O2. The van der Waals surface area contributed by atoms with E-state index in [1.807, 2.05) is 6.92 Å². The summed E-state index contributed by atoms with van der Waals surface area (Å²) in [6, 6.07) is 5.96. The number of benzene rings is 1. The van der Waals surface area contributed by atoms with Crippen LogP contribution in [0, 0.1) is 11.7 Å². The van der Waals surface area contributed by atoms with Crippen molar-refractivity contribution in [3.8, 4) is 5.69 Å².